The zero-order valence-electron chi connectivity index (χ0n) is 8.86. The highest BCUT2D eigenvalue weighted by atomic mass is 35.5. The molecule has 0 aliphatic carbocycles. The van der Waals surface area contributed by atoms with Gasteiger partial charge in [-0.05, 0) is 12.8 Å². The van der Waals surface area contributed by atoms with Crippen LogP contribution in [0.25, 0.3) is 0 Å². The Bertz CT molecular complexity index is 362. The van der Waals surface area contributed by atoms with E-state index in [1.54, 1.807) is 0 Å². The minimum atomic E-state index is -0.400. The third kappa shape index (κ3) is 2.68. The summed E-state index contributed by atoms with van der Waals surface area (Å²) < 4.78 is 0. The van der Waals surface area contributed by atoms with Gasteiger partial charge in [0.15, 0.2) is 11.5 Å². The number of phenolic OH excluding ortho intramolecular Hbond substituents is 2. The lowest BCUT2D eigenvalue weighted by Crippen LogP contribution is -1.91. The molecule has 0 saturated heterocycles. The van der Waals surface area contributed by atoms with Gasteiger partial charge in [0, 0.05) is 5.56 Å². The highest BCUT2D eigenvalue weighted by Crippen LogP contribution is 2.46. The second-order valence-corrected chi connectivity index (χ2v) is 4.71. The molecule has 16 heavy (non-hydrogen) atoms. The maximum atomic E-state index is 9.71. The smallest absolute Gasteiger partial charge is 0.178 e. The summed E-state index contributed by atoms with van der Waals surface area (Å²) in [6, 6.07) is 0. The standard InChI is InChI=1S/C11H13Cl3O2/c1-2-3-4-5-6-7(12)8(13)9(14)11(16)10(6)15/h15-16H,2-5H2,1H3. The van der Waals surface area contributed by atoms with Crippen LogP contribution in [0.3, 0.4) is 0 Å². The van der Waals surface area contributed by atoms with E-state index >= 15 is 0 Å². The zero-order chi connectivity index (χ0) is 12.3. The van der Waals surface area contributed by atoms with Crippen molar-refractivity contribution in [3.05, 3.63) is 20.6 Å². The van der Waals surface area contributed by atoms with Gasteiger partial charge < -0.3 is 10.2 Å². The highest BCUT2D eigenvalue weighted by molar-refractivity contribution is 6.49. The second-order valence-electron chi connectivity index (χ2n) is 3.57. The Kier molecular flexibility index (Phi) is 5.03. The molecule has 0 aliphatic heterocycles. The van der Waals surface area contributed by atoms with Crippen LogP contribution in [0.15, 0.2) is 0 Å². The Hall–Kier alpha value is -0.310. The van der Waals surface area contributed by atoms with Gasteiger partial charge in [0.05, 0.1) is 10.0 Å². The first kappa shape index (κ1) is 13.8. The Morgan fingerprint density at radius 1 is 0.875 bits per heavy atom. The van der Waals surface area contributed by atoms with Crippen molar-refractivity contribution in [3.8, 4) is 11.5 Å². The summed E-state index contributed by atoms with van der Waals surface area (Å²) in [5.41, 5.74) is 0.460. The highest BCUT2D eigenvalue weighted by Gasteiger charge is 2.19. The van der Waals surface area contributed by atoms with Gasteiger partial charge in [0.1, 0.15) is 5.02 Å². The number of phenols is 2. The quantitative estimate of drug-likeness (QED) is 0.474. The van der Waals surface area contributed by atoms with Crippen molar-refractivity contribution >= 4 is 34.8 Å². The van der Waals surface area contributed by atoms with Crippen LogP contribution in [-0.2, 0) is 6.42 Å². The zero-order valence-corrected chi connectivity index (χ0v) is 11.1. The van der Waals surface area contributed by atoms with Gasteiger partial charge >= 0.3 is 0 Å². The van der Waals surface area contributed by atoms with Gasteiger partial charge in [0.2, 0.25) is 0 Å². The van der Waals surface area contributed by atoms with E-state index in [1.165, 1.54) is 0 Å². The normalized spacial score (nSPS) is 10.8. The largest absolute Gasteiger partial charge is 0.504 e. The molecule has 0 amide bonds. The molecule has 0 atom stereocenters. The van der Waals surface area contributed by atoms with Crippen LogP contribution in [0.5, 0.6) is 11.5 Å². The fourth-order valence-corrected chi connectivity index (χ4v) is 2.18. The Labute approximate surface area is 110 Å². The first-order chi connectivity index (χ1) is 7.50. The molecule has 2 nitrogen and oxygen atoms in total. The molecular weight excluding hydrogens is 270 g/mol. The summed E-state index contributed by atoms with van der Waals surface area (Å²) in [6.07, 6.45) is 3.53. The van der Waals surface area contributed by atoms with Crippen LogP contribution in [0.4, 0.5) is 0 Å². The lowest BCUT2D eigenvalue weighted by atomic mass is 10.1. The van der Waals surface area contributed by atoms with Crippen LogP contribution in [0, 0.1) is 0 Å². The molecule has 0 aliphatic rings. The lowest BCUT2D eigenvalue weighted by Gasteiger charge is -2.12. The molecule has 90 valence electrons. The molecule has 0 bridgehead atoms. The second kappa shape index (κ2) is 5.85. The molecular formula is C11H13Cl3O2. The Balaban J connectivity index is 3.08. The van der Waals surface area contributed by atoms with Gasteiger partial charge in [-0.1, -0.05) is 54.6 Å². The van der Waals surface area contributed by atoms with Gasteiger partial charge in [0.25, 0.3) is 0 Å². The molecule has 0 radical (unpaired) electrons. The van der Waals surface area contributed by atoms with E-state index in [9.17, 15) is 10.2 Å². The molecule has 0 fully saturated rings. The van der Waals surface area contributed by atoms with Crippen molar-refractivity contribution in [1.82, 2.24) is 0 Å². The molecule has 5 heteroatoms. The van der Waals surface area contributed by atoms with Crippen molar-refractivity contribution < 1.29 is 10.2 Å². The first-order valence-electron chi connectivity index (χ1n) is 5.07. The Morgan fingerprint density at radius 2 is 1.50 bits per heavy atom. The van der Waals surface area contributed by atoms with Gasteiger partial charge in [-0.15, -0.1) is 0 Å². The van der Waals surface area contributed by atoms with Crippen LogP contribution in [0.1, 0.15) is 31.7 Å². The lowest BCUT2D eigenvalue weighted by molar-refractivity contribution is 0.399. The summed E-state index contributed by atoms with van der Waals surface area (Å²) >= 11 is 17.5. The van der Waals surface area contributed by atoms with Gasteiger partial charge in [-0.2, -0.15) is 0 Å². The maximum absolute atomic E-state index is 9.71. The predicted molar refractivity (Wildman–Crippen MR) is 68.0 cm³/mol. The van der Waals surface area contributed by atoms with E-state index in [0.29, 0.717) is 12.0 Å². The number of hydrogen-bond donors (Lipinski definition) is 2. The van der Waals surface area contributed by atoms with Crippen LogP contribution >= 0.6 is 34.8 Å². The Morgan fingerprint density at radius 3 is 2.06 bits per heavy atom. The molecule has 1 aromatic carbocycles. The molecule has 0 saturated carbocycles. The van der Waals surface area contributed by atoms with Crippen molar-refractivity contribution in [2.45, 2.75) is 32.6 Å². The van der Waals surface area contributed by atoms with E-state index in [2.05, 4.69) is 6.92 Å². The number of hydrogen-bond acceptors (Lipinski definition) is 2. The summed E-state index contributed by atoms with van der Waals surface area (Å²) in [5.74, 6) is -0.668. The third-order valence-electron chi connectivity index (χ3n) is 2.40. The van der Waals surface area contributed by atoms with Crippen molar-refractivity contribution in [1.29, 1.82) is 0 Å². The third-order valence-corrected chi connectivity index (χ3v) is 3.76. The summed E-state index contributed by atoms with van der Waals surface area (Å²) in [5, 5.41) is 19.4. The van der Waals surface area contributed by atoms with E-state index in [4.69, 9.17) is 34.8 Å². The van der Waals surface area contributed by atoms with Crippen molar-refractivity contribution in [3.63, 3.8) is 0 Å². The minimum absolute atomic E-state index is 0.0881. The van der Waals surface area contributed by atoms with Crippen LogP contribution < -0.4 is 0 Å². The van der Waals surface area contributed by atoms with Gasteiger partial charge in [-0.3, -0.25) is 0 Å². The molecule has 1 rings (SSSR count). The predicted octanol–water partition coefficient (Wildman–Crippen LogP) is 4.79. The molecule has 0 spiro atoms. The number of rotatable bonds is 4. The molecule has 0 aromatic heterocycles. The van der Waals surface area contributed by atoms with E-state index < -0.39 is 5.75 Å². The topological polar surface area (TPSA) is 40.5 Å². The summed E-state index contributed by atoms with van der Waals surface area (Å²) in [6.45, 7) is 2.08. The SMILES string of the molecule is CCCCCc1c(O)c(O)c(Cl)c(Cl)c1Cl. The monoisotopic (exact) mass is 282 g/mol. The molecule has 2 N–H and O–H groups in total. The fourth-order valence-electron chi connectivity index (χ4n) is 1.46. The maximum Gasteiger partial charge on any atom is 0.178 e. The molecule has 0 heterocycles. The number of halogens is 3. The van der Waals surface area contributed by atoms with E-state index in [0.717, 1.165) is 19.3 Å². The fraction of sp³-hybridized carbons (Fsp3) is 0.455. The van der Waals surface area contributed by atoms with Gasteiger partial charge in [-0.25, -0.2) is 0 Å². The first-order valence-corrected chi connectivity index (χ1v) is 6.21. The van der Waals surface area contributed by atoms with Crippen molar-refractivity contribution in [2.24, 2.45) is 0 Å². The van der Waals surface area contributed by atoms with Crippen LogP contribution in [0.2, 0.25) is 15.1 Å². The van der Waals surface area contributed by atoms with E-state index in [-0.39, 0.29) is 20.8 Å². The number of benzene rings is 1. The average Bonchev–Trinajstić information content (AvgIpc) is 2.28. The molecule has 0 unspecified atom stereocenters. The van der Waals surface area contributed by atoms with Crippen LogP contribution in [-0.4, -0.2) is 10.2 Å². The van der Waals surface area contributed by atoms with Crippen molar-refractivity contribution in [2.75, 3.05) is 0 Å². The number of unbranched alkanes of at least 4 members (excludes halogenated alkanes) is 2. The average molecular weight is 284 g/mol. The summed E-state index contributed by atoms with van der Waals surface area (Å²) in [4.78, 5) is 0. The molecule has 1 aromatic rings. The number of aromatic hydroxyl groups is 2. The summed E-state index contributed by atoms with van der Waals surface area (Å²) in [7, 11) is 0. The van der Waals surface area contributed by atoms with E-state index in [1.807, 2.05) is 0 Å². The minimum Gasteiger partial charge on any atom is -0.504 e.